The molecule has 0 aliphatic carbocycles. The van der Waals surface area contributed by atoms with Crippen LogP contribution in [0.3, 0.4) is 0 Å². The lowest BCUT2D eigenvalue weighted by molar-refractivity contribution is -0.697. The number of alkyl halides is 6. The summed E-state index contributed by atoms with van der Waals surface area (Å²) in [7, 11) is 0. The van der Waals surface area contributed by atoms with E-state index in [1.165, 1.54) is 24.3 Å². The van der Waals surface area contributed by atoms with Crippen LogP contribution >= 0.6 is 0 Å². The molecule has 2 aromatic carbocycles. The van der Waals surface area contributed by atoms with Gasteiger partial charge in [0.2, 0.25) is 11.4 Å². The van der Waals surface area contributed by atoms with Gasteiger partial charge in [-0.15, -0.1) is 26.3 Å². The number of aliphatic imine (C=N–C) groups is 1. The summed E-state index contributed by atoms with van der Waals surface area (Å²) in [5.74, 6) is -0.544. The number of hydrogen-bond acceptors (Lipinski definition) is 3. The summed E-state index contributed by atoms with van der Waals surface area (Å²) in [5, 5.41) is 0. The second kappa shape index (κ2) is 16.1. The molecular formula is C38H33F6N4O2+3. The molecule has 6 nitrogen and oxygen atoms in total. The predicted molar refractivity (Wildman–Crippen MR) is 176 cm³/mol. The summed E-state index contributed by atoms with van der Waals surface area (Å²) >= 11 is 0. The molecule has 50 heavy (non-hydrogen) atoms. The zero-order valence-corrected chi connectivity index (χ0v) is 26.9. The molecule has 256 valence electrons. The predicted octanol–water partition coefficient (Wildman–Crippen LogP) is 8.11. The zero-order chi connectivity index (χ0) is 35.6. The second-order valence-corrected chi connectivity index (χ2v) is 10.9. The first kappa shape index (κ1) is 35.5. The van der Waals surface area contributed by atoms with Crippen LogP contribution in [0.1, 0.15) is 18.9 Å². The summed E-state index contributed by atoms with van der Waals surface area (Å²) < 4.78 is 88.1. The highest BCUT2D eigenvalue weighted by atomic mass is 19.4. The van der Waals surface area contributed by atoms with Gasteiger partial charge in [-0.25, -0.2) is 4.57 Å². The van der Waals surface area contributed by atoms with Gasteiger partial charge in [0.15, 0.2) is 37.2 Å². The maximum atomic E-state index is 12.4. The number of aryl methyl sites for hydroxylation is 1. The maximum Gasteiger partial charge on any atom is 0.573 e. The van der Waals surface area contributed by atoms with E-state index in [0.717, 1.165) is 35.2 Å². The summed E-state index contributed by atoms with van der Waals surface area (Å²) in [5.41, 5.74) is 5.35. The second-order valence-electron chi connectivity index (χ2n) is 10.9. The topological polar surface area (TPSA) is 42.5 Å². The Morgan fingerprint density at radius 2 is 1.10 bits per heavy atom. The van der Waals surface area contributed by atoms with Crippen molar-refractivity contribution in [3.05, 3.63) is 146 Å². The quantitative estimate of drug-likeness (QED) is 0.0437. The molecule has 12 heteroatoms. The molecule has 0 amide bonds. The van der Waals surface area contributed by atoms with Gasteiger partial charge in [-0.3, -0.25) is 4.99 Å². The van der Waals surface area contributed by atoms with Crippen LogP contribution in [-0.4, -0.2) is 25.5 Å². The van der Waals surface area contributed by atoms with Crippen molar-refractivity contribution in [3.63, 3.8) is 0 Å². The standard InChI is InChI=1S/C38H33F6N4O2/c1-2-4-29(31-16-25-47(26-17-31)33-5-9-35(10-6-33)49-37(39,40)41)13-21-45-20-3-22-46-23-14-30(15-24-46)32-18-27-48(28-19-32)34-7-11-36(12-8-34)50-38(42,43)44/h2,4-19,21,23-28H,3,20,22H2,1H3/q+3/b4-2-,29-13+,45-21?. The van der Waals surface area contributed by atoms with E-state index in [2.05, 4.69) is 19.0 Å². The summed E-state index contributed by atoms with van der Waals surface area (Å²) in [6.45, 7) is 3.35. The molecule has 0 radical (unpaired) electrons. The van der Waals surface area contributed by atoms with E-state index >= 15 is 0 Å². The molecule has 0 bridgehead atoms. The van der Waals surface area contributed by atoms with Crippen molar-refractivity contribution in [2.45, 2.75) is 32.6 Å². The van der Waals surface area contributed by atoms with Crippen LogP contribution in [0, 0.1) is 0 Å². The third-order valence-electron chi connectivity index (χ3n) is 7.36. The fraction of sp³-hybridized carbons (Fsp3) is 0.158. The third-order valence-corrected chi connectivity index (χ3v) is 7.36. The number of halogens is 6. The first-order chi connectivity index (χ1) is 24.0. The van der Waals surface area contributed by atoms with Crippen molar-refractivity contribution in [2.75, 3.05) is 6.54 Å². The highest BCUT2D eigenvalue weighted by molar-refractivity contribution is 5.88. The number of benzene rings is 2. The Balaban J connectivity index is 1.10. The highest BCUT2D eigenvalue weighted by Crippen LogP contribution is 2.24. The molecule has 0 saturated carbocycles. The molecule has 3 aromatic heterocycles. The lowest BCUT2D eigenvalue weighted by atomic mass is 10.1. The first-order valence-corrected chi connectivity index (χ1v) is 15.5. The molecule has 0 aliphatic rings. The van der Waals surface area contributed by atoms with Gasteiger partial charge >= 0.3 is 12.7 Å². The molecule has 5 aromatic rings. The van der Waals surface area contributed by atoms with Crippen LogP contribution < -0.4 is 23.2 Å². The molecule has 3 heterocycles. The minimum atomic E-state index is -4.73. The van der Waals surface area contributed by atoms with Crippen molar-refractivity contribution in [1.29, 1.82) is 0 Å². The minimum Gasteiger partial charge on any atom is -0.406 e. The van der Waals surface area contributed by atoms with Gasteiger partial charge in [-0.2, -0.15) is 9.13 Å². The maximum absolute atomic E-state index is 12.4. The molecule has 0 spiro atoms. The minimum absolute atomic E-state index is 0.269. The number of nitrogens with zero attached hydrogens (tertiary/aromatic N) is 4. The Hall–Kier alpha value is -5.78. The van der Waals surface area contributed by atoms with Crippen molar-refractivity contribution >= 4 is 11.8 Å². The number of hydrogen-bond donors (Lipinski definition) is 0. The van der Waals surface area contributed by atoms with E-state index in [9.17, 15) is 26.3 Å². The van der Waals surface area contributed by atoms with E-state index in [-0.39, 0.29) is 11.5 Å². The van der Waals surface area contributed by atoms with Crippen LogP contribution in [0.15, 0.2) is 145 Å². The zero-order valence-electron chi connectivity index (χ0n) is 26.9. The van der Waals surface area contributed by atoms with Crippen molar-refractivity contribution in [1.82, 2.24) is 0 Å². The molecule has 0 fully saturated rings. The Morgan fingerprint density at radius 3 is 1.56 bits per heavy atom. The highest BCUT2D eigenvalue weighted by Gasteiger charge is 2.32. The van der Waals surface area contributed by atoms with Crippen molar-refractivity contribution in [3.8, 4) is 34.0 Å². The first-order valence-electron chi connectivity index (χ1n) is 15.5. The number of rotatable bonds is 12. The van der Waals surface area contributed by atoms with Gasteiger partial charge in [-0.05, 0) is 59.5 Å². The fourth-order valence-electron chi connectivity index (χ4n) is 5.00. The Kier molecular flexibility index (Phi) is 11.4. The van der Waals surface area contributed by atoms with E-state index < -0.39 is 12.7 Å². The average molecular weight is 692 g/mol. The van der Waals surface area contributed by atoms with Gasteiger partial charge in [0.1, 0.15) is 18.0 Å². The van der Waals surface area contributed by atoms with Crippen molar-refractivity contribution < 1.29 is 49.5 Å². The Morgan fingerprint density at radius 1 is 0.640 bits per heavy atom. The lowest BCUT2D eigenvalue weighted by Gasteiger charge is -2.08. The van der Waals surface area contributed by atoms with Crippen LogP contribution in [0.2, 0.25) is 0 Å². The molecule has 0 saturated heterocycles. The van der Waals surface area contributed by atoms with Crippen LogP contribution in [0.25, 0.3) is 28.1 Å². The molecule has 0 unspecified atom stereocenters. The SMILES string of the molecule is C/C=C\C(=C/C=NCCC[n+]1ccc(-c2cc[n+](-c3ccc(OC(F)(F)F)cc3)cc2)cc1)c1cc[n+](-c2ccc(OC(F)(F)F)cc2)cc1. The molecule has 0 N–H and O–H groups in total. The molecular weight excluding hydrogens is 658 g/mol. The third kappa shape index (κ3) is 10.6. The van der Waals surface area contributed by atoms with Gasteiger partial charge in [0.25, 0.3) is 0 Å². The van der Waals surface area contributed by atoms with E-state index in [0.29, 0.717) is 17.9 Å². The van der Waals surface area contributed by atoms with Gasteiger partial charge in [0, 0.05) is 79.8 Å². The summed E-state index contributed by atoms with van der Waals surface area (Å²) in [4.78, 5) is 4.55. The largest absolute Gasteiger partial charge is 0.573 e. The lowest BCUT2D eigenvalue weighted by Crippen LogP contribution is -2.32. The monoisotopic (exact) mass is 691 g/mol. The fourth-order valence-corrected chi connectivity index (χ4v) is 5.00. The molecule has 0 aliphatic heterocycles. The van der Waals surface area contributed by atoms with E-state index in [4.69, 9.17) is 0 Å². The van der Waals surface area contributed by atoms with E-state index in [1.54, 1.807) is 35.0 Å². The van der Waals surface area contributed by atoms with Crippen molar-refractivity contribution in [2.24, 2.45) is 4.99 Å². The normalized spacial score (nSPS) is 12.5. The van der Waals surface area contributed by atoms with Crippen LogP contribution in [0.5, 0.6) is 11.5 Å². The van der Waals surface area contributed by atoms with Crippen LogP contribution in [0.4, 0.5) is 26.3 Å². The smallest absolute Gasteiger partial charge is 0.406 e. The number of aromatic nitrogens is 3. The molecule has 5 rings (SSSR count). The van der Waals surface area contributed by atoms with Crippen LogP contribution in [-0.2, 0) is 6.54 Å². The summed E-state index contributed by atoms with van der Waals surface area (Å²) in [6.07, 6.45) is 10.4. The number of ether oxygens (including phenoxy) is 2. The summed E-state index contributed by atoms with van der Waals surface area (Å²) in [6, 6.07) is 23.1. The molecule has 0 atom stereocenters. The number of pyridine rings is 3. The number of allylic oxidation sites excluding steroid dienone is 4. The van der Waals surface area contributed by atoms with Gasteiger partial charge in [0.05, 0.1) is 0 Å². The Bertz CT molecular complexity index is 1920. The van der Waals surface area contributed by atoms with E-state index in [1.807, 2.05) is 103 Å². The average Bonchev–Trinajstić information content (AvgIpc) is 3.09. The van der Waals surface area contributed by atoms with Gasteiger partial charge < -0.3 is 9.47 Å². The van der Waals surface area contributed by atoms with Gasteiger partial charge in [-0.1, -0.05) is 12.2 Å². The Labute approximate surface area is 285 Å².